The molecule has 0 heterocycles. The Morgan fingerprint density at radius 2 is 1.47 bits per heavy atom. The summed E-state index contributed by atoms with van der Waals surface area (Å²) in [5, 5.41) is 39.8. The summed E-state index contributed by atoms with van der Waals surface area (Å²) in [6.07, 6.45) is 0. The number of hydrogen-bond acceptors (Lipinski definition) is 7. The fraction of sp³-hybridized carbons (Fsp3) is 0.125. The molecule has 1 aromatic rings. The quantitative estimate of drug-likeness (QED) is 0.458. The van der Waals surface area contributed by atoms with Crippen LogP contribution in [-0.4, -0.2) is 25.8 Å². The third kappa shape index (κ3) is 1.97. The smallest absolute Gasteiger partial charge is 0.318 e. The molecule has 9 heteroatoms. The lowest BCUT2D eigenvalue weighted by molar-refractivity contribution is -0.395. The van der Waals surface area contributed by atoms with Crippen molar-refractivity contribution in [3.8, 4) is 11.5 Å². The molecule has 17 heavy (non-hydrogen) atoms. The summed E-state index contributed by atoms with van der Waals surface area (Å²) >= 11 is 0. The lowest BCUT2D eigenvalue weighted by atomic mass is 10.1. The van der Waals surface area contributed by atoms with Crippen molar-refractivity contribution in [2.24, 2.45) is 0 Å². The first-order valence-electron chi connectivity index (χ1n) is 4.16. The van der Waals surface area contributed by atoms with E-state index in [9.17, 15) is 35.2 Å². The van der Waals surface area contributed by atoms with Gasteiger partial charge in [-0.1, -0.05) is 0 Å². The molecule has 1 rings (SSSR count). The van der Waals surface area contributed by atoms with Crippen LogP contribution in [-0.2, 0) is 0 Å². The van der Waals surface area contributed by atoms with Gasteiger partial charge in [0.1, 0.15) is 11.6 Å². The number of ketones is 1. The molecule has 0 aliphatic carbocycles. The molecule has 90 valence electrons. The zero-order valence-electron chi connectivity index (χ0n) is 8.41. The molecule has 0 saturated heterocycles. The van der Waals surface area contributed by atoms with Crippen LogP contribution < -0.4 is 0 Å². The van der Waals surface area contributed by atoms with E-state index in [4.69, 9.17) is 0 Å². The highest BCUT2D eigenvalue weighted by molar-refractivity contribution is 6.02. The predicted molar refractivity (Wildman–Crippen MR) is 53.1 cm³/mol. The van der Waals surface area contributed by atoms with Crippen LogP contribution in [0.25, 0.3) is 0 Å². The Morgan fingerprint density at radius 3 is 1.71 bits per heavy atom. The lowest BCUT2D eigenvalue weighted by Gasteiger charge is -2.04. The van der Waals surface area contributed by atoms with Crippen LogP contribution in [0.5, 0.6) is 11.5 Å². The van der Waals surface area contributed by atoms with E-state index in [-0.39, 0.29) is 0 Å². The molecule has 9 nitrogen and oxygen atoms in total. The van der Waals surface area contributed by atoms with Gasteiger partial charge in [-0.15, -0.1) is 0 Å². The van der Waals surface area contributed by atoms with Gasteiger partial charge in [0.25, 0.3) is 0 Å². The van der Waals surface area contributed by atoms with Gasteiger partial charge in [0.15, 0.2) is 5.78 Å². The molecule has 0 unspecified atom stereocenters. The number of rotatable bonds is 3. The van der Waals surface area contributed by atoms with Crippen molar-refractivity contribution >= 4 is 17.2 Å². The average molecular weight is 242 g/mol. The van der Waals surface area contributed by atoms with E-state index in [0.29, 0.717) is 6.07 Å². The molecular formula is C8H6N2O7. The van der Waals surface area contributed by atoms with Gasteiger partial charge in [-0.2, -0.15) is 0 Å². The fourth-order valence-electron chi connectivity index (χ4n) is 1.25. The second-order valence-electron chi connectivity index (χ2n) is 3.06. The number of aromatic hydroxyl groups is 2. The lowest BCUT2D eigenvalue weighted by Crippen LogP contribution is -2.01. The molecule has 2 N–H and O–H groups in total. The molecule has 0 aliphatic heterocycles. The summed E-state index contributed by atoms with van der Waals surface area (Å²) in [5.41, 5.74) is -2.87. The van der Waals surface area contributed by atoms with Crippen molar-refractivity contribution in [2.45, 2.75) is 6.92 Å². The van der Waals surface area contributed by atoms with Crippen LogP contribution in [0, 0.1) is 20.2 Å². The van der Waals surface area contributed by atoms with E-state index < -0.39 is 44.1 Å². The maximum Gasteiger partial charge on any atom is 0.318 e. The molecule has 0 spiro atoms. The number of Topliss-reactive ketones (excluding diaryl/α,β-unsaturated/α-hetero) is 1. The van der Waals surface area contributed by atoms with Crippen molar-refractivity contribution in [2.75, 3.05) is 0 Å². The molecule has 0 fully saturated rings. The third-order valence-corrected chi connectivity index (χ3v) is 1.98. The average Bonchev–Trinajstić information content (AvgIpc) is 2.15. The molecule has 0 bridgehead atoms. The summed E-state index contributed by atoms with van der Waals surface area (Å²) in [6.45, 7) is 0.905. The predicted octanol–water partition coefficient (Wildman–Crippen LogP) is 1.12. The Kier molecular flexibility index (Phi) is 2.94. The minimum Gasteiger partial charge on any atom is -0.501 e. The number of phenols is 2. The number of nitro groups is 2. The maximum absolute atomic E-state index is 11.1. The third-order valence-electron chi connectivity index (χ3n) is 1.98. The summed E-state index contributed by atoms with van der Waals surface area (Å²) in [4.78, 5) is 29.9. The van der Waals surface area contributed by atoms with Crippen LogP contribution in [0.4, 0.5) is 11.4 Å². The normalized spacial score (nSPS) is 9.94. The Bertz CT molecular complexity index is 499. The van der Waals surface area contributed by atoms with Gasteiger partial charge in [-0.05, 0) is 6.92 Å². The van der Waals surface area contributed by atoms with E-state index in [1.54, 1.807) is 0 Å². The second kappa shape index (κ2) is 4.04. The molecule has 0 amide bonds. The van der Waals surface area contributed by atoms with Crippen molar-refractivity contribution in [1.29, 1.82) is 0 Å². The zero-order valence-corrected chi connectivity index (χ0v) is 8.41. The summed E-state index contributed by atoms with van der Waals surface area (Å²) < 4.78 is 0. The Morgan fingerprint density at radius 1 is 1.12 bits per heavy atom. The van der Waals surface area contributed by atoms with Crippen molar-refractivity contribution in [3.63, 3.8) is 0 Å². The van der Waals surface area contributed by atoms with Crippen molar-refractivity contribution in [1.82, 2.24) is 0 Å². The monoisotopic (exact) mass is 242 g/mol. The maximum atomic E-state index is 11.1. The van der Waals surface area contributed by atoms with Gasteiger partial charge in [0.2, 0.25) is 11.5 Å². The number of carbonyl (C=O) groups excluding carboxylic acids is 1. The molecule has 0 radical (unpaired) electrons. The van der Waals surface area contributed by atoms with E-state index in [0.717, 1.165) is 6.92 Å². The van der Waals surface area contributed by atoms with Crippen LogP contribution in [0.15, 0.2) is 6.07 Å². The van der Waals surface area contributed by atoms with E-state index in [2.05, 4.69) is 0 Å². The van der Waals surface area contributed by atoms with Gasteiger partial charge < -0.3 is 10.2 Å². The Hall–Kier alpha value is -2.71. The van der Waals surface area contributed by atoms with E-state index >= 15 is 0 Å². The van der Waals surface area contributed by atoms with Crippen molar-refractivity contribution < 1.29 is 24.9 Å². The van der Waals surface area contributed by atoms with Gasteiger partial charge in [-0.25, -0.2) is 0 Å². The first kappa shape index (κ1) is 12.4. The number of hydrogen-bond donors (Lipinski definition) is 2. The zero-order chi connectivity index (χ0) is 13.3. The largest absolute Gasteiger partial charge is 0.501 e. The minimum absolute atomic E-state index is 0.386. The molecule has 0 aliphatic rings. The van der Waals surface area contributed by atoms with Crippen LogP contribution in [0.2, 0.25) is 0 Å². The highest BCUT2D eigenvalue weighted by atomic mass is 16.6. The number of nitrogens with zero attached hydrogens (tertiary/aromatic N) is 2. The molecule has 0 atom stereocenters. The van der Waals surface area contributed by atoms with E-state index in [1.807, 2.05) is 0 Å². The number of phenolic OH excluding ortho intramolecular Hbond substituents is 2. The number of nitro benzene ring substituents is 2. The molecular weight excluding hydrogens is 236 g/mol. The number of benzene rings is 1. The van der Waals surface area contributed by atoms with E-state index in [1.165, 1.54) is 0 Å². The summed E-state index contributed by atoms with van der Waals surface area (Å²) in [5.74, 6) is -3.11. The summed E-state index contributed by atoms with van der Waals surface area (Å²) in [7, 11) is 0. The molecule has 0 aromatic heterocycles. The van der Waals surface area contributed by atoms with Crippen LogP contribution >= 0.6 is 0 Å². The van der Waals surface area contributed by atoms with Crippen LogP contribution in [0.1, 0.15) is 17.3 Å². The van der Waals surface area contributed by atoms with Gasteiger partial charge >= 0.3 is 11.4 Å². The second-order valence-corrected chi connectivity index (χ2v) is 3.06. The SMILES string of the molecule is CC(=O)c1c(O)c([N+](=O)[O-])cc([N+](=O)[O-])c1O. The topological polar surface area (TPSA) is 144 Å². The minimum atomic E-state index is -1.09. The van der Waals surface area contributed by atoms with Crippen LogP contribution in [0.3, 0.4) is 0 Å². The summed E-state index contributed by atoms with van der Waals surface area (Å²) in [6, 6.07) is 0.386. The van der Waals surface area contributed by atoms with Gasteiger partial charge in [0, 0.05) is 0 Å². The highest BCUT2D eigenvalue weighted by Crippen LogP contribution is 2.42. The van der Waals surface area contributed by atoms with Gasteiger partial charge in [-0.3, -0.25) is 25.0 Å². The highest BCUT2D eigenvalue weighted by Gasteiger charge is 2.31. The number of carbonyl (C=O) groups is 1. The fourth-order valence-corrected chi connectivity index (χ4v) is 1.25. The molecule has 1 aromatic carbocycles. The van der Waals surface area contributed by atoms with Crippen molar-refractivity contribution in [3.05, 3.63) is 31.9 Å². The first-order valence-corrected chi connectivity index (χ1v) is 4.16. The first-order chi connectivity index (χ1) is 7.77. The Balaban J connectivity index is 3.76. The molecule has 0 saturated carbocycles. The standard InChI is InChI=1S/C8H6N2O7/c1-3(11)6-7(12)4(9(14)15)2-5(8(6)13)10(16)17/h2,12-13H,1H3. The van der Waals surface area contributed by atoms with Gasteiger partial charge in [0.05, 0.1) is 9.85 Å². The Labute approximate surface area is 93.2 Å².